The van der Waals surface area contributed by atoms with Crippen LogP contribution in [0, 0.1) is 20.8 Å². The Balaban J connectivity index is 3.07. The van der Waals surface area contributed by atoms with Crippen LogP contribution in [0.5, 0.6) is 0 Å². The summed E-state index contributed by atoms with van der Waals surface area (Å²) < 4.78 is 2.18. The average molecular weight is 122 g/mol. The minimum atomic E-state index is 0.838. The lowest BCUT2D eigenvalue weighted by Crippen LogP contribution is -1.97. The molecule has 9 heavy (non-hydrogen) atoms. The highest BCUT2D eigenvalue weighted by molar-refractivity contribution is 5.13. The van der Waals surface area contributed by atoms with Crippen LogP contribution in [0.4, 0.5) is 0 Å². The van der Waals surface area contributed by atoms with Crippen molar-refractivity contribution in [3.8, 4) is 0 Å². The van der Waals surface area contributed by atoms with Gasteiger partial charge in [-0.2, -0.15) is 0 Å². The predicted molar refractivity (Wildman–Crippen MR) is 39.3 cm³/mol. The number of hydrogen-bond acceptors (Lipinski definition) is 0. The fourth-order valence-corrected chi connectivity index (χ4v) is 1.05. The third-order valence-electron chi connectivity index (χ3n) is 1.64. The first kappa shape index (κ1) is 6.40. The van der Waals surface area contributed by atoms with E-state index in [4.69, 9.17) is 0 Å². The van der Waals surface area contributed by atoms with Crippen molar-refractivity contribution in [1.82, 2.24) is 4.57 Å². The summed E-state index contributed by atoms with van der Waals surface area (Å²) >= 11 is 0. The molecule has 0 aromatic carbocycles. The molecule has 0 bridgehead atoms. The molecule has 1 nitrogen and oxygen atoms in total. The second kappa shape index (κ2) is 2.26. The van der Waals surface area contributed by atoms with Crippen molar-refractivity contribution in [2.75, 3.05) is 0 Å². The minimum Gasteiger partial charge on any atom is -0.349 e. The van der Waals surface area contributed by atoms with Crippen molar-refractivity contribution in [2.24, 2.45) is 0 Å². The quantitative estimate of drug-likeness (QED) is 0.536. The number of aryl methyl sites for hydroxylation is 2. The summed E-state index contributed by atoms with van der Waals surface area (Å²) in [6.07, 6.45) is 0. The topological polar surface area (TPSA) is 4.93 Å². The normalized spacial score (nSPS) is 10.1. The lowest BCUT2D eigenvalue weighted by molar-refractivity contribution is 0.765. The van der Waals surface area contributed by atoms with Gasteiger partial charge in [0.1, 0.15) is 0 Å². The van der Waals surface area contributed by atoms with Crippen LogP contribution in [0.3, 0.4) is 0 Å². The maximum Gasteiger partial charge on any atom is 0.0225 e. The van der Waals surface area contributed by atoms with Gasteiger partial charge in [0.2, 0.25) is 0 Å². The van der Waals surface area contributed by atoms with Gasteiger partial charge in [-0.1, -0.05) is 0 Å². The van der Waals surface area contributed by atoms with Gasteiger partial charge in [-0.15, -0.1) is 0 Å². The molecule has 1 aromatic heterocycles. The summed E-state index contributed by atoms with van der Waals surface area (Å²) in [6, 6.07) is 4.22. The molecular weight excluding hydrogens is 110 g/mol. The van der Waals surface area contributed by atoms with E-state index in [1.165, 1.54) is 11.4 Å². The monoisotopic (exact) mass is 122 g/mol. The Morgan fingerprint density at radius 2 is 1.78 bits per heavy atom. The van der Waals surface area contributed by atoms with Gasteiger partial charge in [-0.05, 0) is 32.9 Å². The van der Waals surface area contributed by atoms with Crippen molar-refractivity contribution >= 4 is 0 Å². The zero-order valence-corrected chi connectivity index (χ0v) is 6.02. The molecule has 0 saturated heterocycles. The molecule has 0 amide bonds. The van der Waals surface area contributed by atoms with Crippen molar-refractivity contribution in [2.45, 2.75) is 20.4 Å². The molecule has 1 rings (SSSR count). The fourth-order valence-electron chi connectivity index (χ4n) is 1.05. The molecule has 0 fully saturated rings. The van der Waals surface area contributed by atoms with E-state index in [0.717, 1.165) is 6.54 Å². The van der Waals surface area contributed by atoms with Crippen molar-refractivity contribution in [1.29, 1.82) is 0 Å². The zero-order chi connectivity index (χ0) is 6.85. The van der Waals surface area contributed by atoms with Gasteiger partial charge in [-0.3, -0.25) is 0 Å². The van der Waals surface area contributed by atoms with Gasteiger partial charge in [0.15, 0.2) is 0 Å². The summed E-state index contributed by atoms with van der Waals surface area (Å²) in [4.78, 5) is 0. The Bertz CT molecular complexity index is 179. The predicted octanol–water partition coefficient (Wildman–Crippen LogP) is 1.94. The van der Waals surface area contributed by atoms with Crippen LogP contribution in [-0.2, 0) is 6.54 Å². The van der Waals surface area contributed by atoms with Crippen LogP contribution in [-0.4, -0.2) is 4.57 Å². The van der Waals surface area contributed by atoms with Gasteiger partial charge in [0, 0.05) is 17.9 Å². The molecule has 0 aliphatic carbocycles. The molecule has 1 radical (unpaired) electrons. The SMILES string of the molecule is [CH2]Cn1c(C)ccc1C. The molecule has 0 saturated carbocycles. The van der Waals surface area contributed by atoms with Gasteiger partial charge in [-0.25, -0.2) is 0 Å². The molecule has 1 heterocycles. The Morgan fingerprint density at radius 1 is 1.33 bits per heavy atom. The van der Waals surface area contributed by atoms with Gasteiger partial charge >= 0.3 is 0 Å². The van der Waals surface area contributed by atoms with Gasteiger partial charge < -0.3 is 4.57 Å². The number of hydrogen-bond donors (Lipinski definition) is 0. The first-order chi connectivity index (χ1) is 4.25. The maximum absolute atomic E-state index is 3.81. The standard InChI is InChI=1S/C8H12N/c1-4-9-7(2)5-6-8(9)3/h5-6H,1,4H2,2-3H3. The van der Waals surface area contributed by atoms with Crippen molar-refractivity contribution < 1.29 is 0 Å². The van der Waals surface area contributed by atoms with E-state index in [1.807, 2.05) is 0 Å². The molecular formula is C8H12N. The van der Waals surface area contributed by atoms with Crippen LogP contribution < -0.4 is 0 Å². The highest BCUT2D eigenvalue weighted by Crippen LogP contribution is 2.05. The average Bonchev–Trinajstić information content (AvgIpc) is 2.12. The van der Waals surface area contributed by atoms with E-state index < -0.39 is 0 Å². The summed E-state index contributed by atoms with van der Waals surface area (Å²) in [5, 5.41) is 0. The summed E-state index contributed by atoms with van der Waals surface area (Å²) in [5.74, 6) is 0. The first-order valence-electron chi connectivity index (χ1n) is 3.17. The van der Waals surface area contributed by atoms with E-state index in [1.54, 1.807) is 0 Å². The summed E-state index contributed by atoms with van der Waals surface area (Å²) in [6.45, 7) is 8.84. The smallest absolute Gasteiger partial charge is 0.0225 e. The van der Waals surface area contributed by atoms with E-state index in [9.17, 15) is 0 Å². The number of rotatable bonds is 1. The number of nitrogens with zero attached hydrogens (tertiary/aromatic N) is 1. The highest BCUT2D eigenvalue weighted by Gasteiger charge is 1.94. The molecule has 0 atom stereocenters. The Morgan fingerprint density at radius 3 is 2.00 bits per heavy atom. The summed E-state index contributed by atoms with van der Waals surface area (Å²) in [5.41, 5.74) is 2.59. The van der Waals surface area contributed by atoms with Crippen LogP contribution in [0.15, 0.2) is 12.1 Å². The Hall–Kier alpha value is -0.720. The second-order valence-electron chi connectivity index (χ2n) is 2.27. The lowest BCUT2D eigenvalue weighted by atomic mass is 10.5. The van der Waals surface area contributed by atoms with Crippen LogP contribution in [0.1, 0.15) is 11.4 Å². The van der Waals surface area contributed by atoms with E-state index >= 15 is 0 Å². The molecule has 0 aliphatic heterocycles. The third-order valence-corrected chi connectivity index (χ3v) is 1.64. The van der Waals surface area contributed by atoms with E-state index in [0.29, 0.717) is 0 Å². The third kappa shape index (κ3) is 0.995. The van der Waals surface area contributed by atoms with E-state index in [-0.39, 0.29) is 0 Å². The van der Waals surface area contributed by atoms with Crippen LogP contribution >= 0.6 is 0 Å². The Kier molecular flexibility index (Phi) is 1.60. The molecule has 49 valence electrons. The minimum absolute atomic E-state index is 0.838. The van der Waals surface area contributed by atoms with Crippen molar-refractivity contribution in [3.05, 3.63) is 30.4 Å². The molecule has 0 spiro atoms. The molecule has 1 aromatic rings. The summed E-state index contributed by atoms with van der Waals surface area (Å²) in [7, 11) is 0. The number of aromatic nitrogens is 1. The zero-order valence-electron chi connectivity index (χ0n) is 6.02. The second-order valence-corrected chi connectivity index (χ2v) is 2.27. The van der Waals surface area contributed by atoms with Gasteiger partial charge in [0.05, 0.1) is 0 Å². The molecule has 0 unspecified atom stereocenters. The molecule has 0 aliphatic rings. The largest absolute Gasteiger partial charge is 0.349 e. The molecule has 1 heteroatoms. The van der Waals surface area contributed by atoms with Crippen LogP contribution in [0.2, 0.25) is 0 Å². The maximum atomic E-state index is 3.81. The highest BCUT2D eigenvalue weighted by atomic mass is 15.0. The van der Waals surface area contributed by atoms with E-state index in [2.05, 4.69) is 37.5 Å². The Labute approximate surface area is 56.3 Å². The fraction of sp³-hybridized carbons (Fsp3) is 0.375. The van der Waals surface area contributed by atoms with Gasteiger partial charge in [0.25, 0.3) is 0 Å². The van der Waals surface area contributed by atoms with Crippen LogP contribution in [0.25, 0.3) is 0 Å². The molecule has 0 N–H and O–H groups in total. The van der Waals surface area contributed by atoms with Crippen molar-refractivity contribution in [3.63, 3.8) is 0 Å². The lowest BCUT2D eigenvalue weighted by Gasteiger charge is -2.02. The first-order valence-corrected chi connectivity index (χ1v) is 3.17.